The van der Waals surface area contributed by atoms with Crippen molar-refractivity contribution in [2.75, 3.05) is 30.4 Å². The lowest BCUT2D eigenvalue weighted by Crippen LogP contribution is -2.33. The first-order valence-electron chi connectivity index (χ1n) is 13.5. The number of benzene rings is 1. The standard InChI is InChI=1S/C29H40N6O4/c1-7-14-35-18-31-26(39-6)24(27(35)36)21-12-10-20(11-13-21)16-23(28(37)38)32-25-22(15-19(4)5)17-30-29(33-25)34(8-2)9-3/h10-13,17-19,23H,7-9,14-16H2,1-6H3,(H,37,38)(H,30,32,33)/t23-/m0/s1. The summed E-state index contributed by atoms with van der Waals surface area (Å²) in [4.78, 5) is 40.9. The van der Waals surface area contributed by atoms with Crippen molar-refractivity contribution < 1.29 is 14.6 Å². The number of carbonyl (C=O) groups is 1. The van der Waals surface area contributed by atoms with Gasteiger partial charge in [0.15, 0.2) is 0 Å². The van der Waals surface area contributed by atoms with E-state index in [0.717, 1.165) is 37.1 Å². The van der Waals surface area contributed by atoms with Crippen LogP contribution in [0.1, 0.15) is 52.2 Å². The number of aliphatic carboxylic acids is 1. The van der Waals surface area contributed by atoms with Gasteiger partial charge in [-0.1, -0.05) is 45.0 Å². The molecule has 0 unspecified atom stereocenters. The molecule has 0 radical (unpaired) electrons. The van der Waals surface area contributed by atoms with Crippen molar-refractivity contribution in [3.63, 3.8) is 0 Å². The summed E-state index contributed by atoms with van der Waals surface area (Å²) in [5.41, 5.74) is 2.56. The van der Waals surface area contributed by atoms with E-state index in [1.807, 2.05) is 37.8 Å². The fourth-order valence-electron chi connectivity index (χ4n) is 4.45. The van der Waals surface area contributed by atoms with Crippen molar-refractivity contribution in [3.05, 3.63) is 58.3 Å². The van der Waals surface area contributed by atoms with Crippen LogP contribution in [-0.2, 0) is 24.2 Å². The minimum atomic E-state index is -0.978. The number of carboxylic acids is 1. The average Bonchev–Trinajstić information content (AvgIpc) is 2.91. The molecule has 2 heterocycles. The number of hydrogen-bond donors (Lipinski definition) is 2. The van der Waals surface area contributed by atoms with Crippen LogP contribution in [0.15, 0.2) is 41.6 Å². The number of rotatable bonds is 14. The van der Waals surface area contributed by atoms with Crippen molar-refractivity contribution in [2.45, 2.75) is 66.5 Å². The van der Waals surface area contributed by atoms with Gasteiger partial charge in [-0.05, 0) is 43.7 Å². The van der Waals surface area contributed by atoms with E-state index in [-0.39, 0.29) is 17.9 Å². The molecule has 1 aromatic carbocycles. The van der Waals surface area contributed by atoms with Crippen LogP contribution in [-0.4, -0.2) is 56.8 Å². The normalized spacial score (nSPS) is 11.9. The molecule has 0 saturated carbocycles. The Morgan fingerprint density at radius 2 is 1.79 bits per heavy atom. The molecule has 3 aromatic rings. The van der Waals surface area contributed by atoms with E-state index in [4.69, 9.17) is 9.72 Å². The number of anilines is 2. The van der Waals surface area contributed by atoms with Crippen LogP contribution < -0.4 is 20.5 Å². The Bertz CT molecular complexity index is 1300. The van der Waals surface area contributed by atoms with Crippen LogP contribution in [0.5, 0.6) is 5.88 Å². The van der Waals surface area contributed by atoms with Crippen LogP contribution in [0.25, 0.3) is 11.1 Å². The zero-order chi connectivity index (χ0) is 28.5. The summed E-state index contributed by atoms with van der Waals surface area (Å²) in [5, 5.41) is 13.3. The van der Waals surface area contributed by atoms with Gasteiger partial charge in [0.2, 0.25) is 11.8 Å². The molecule has 10 heteroatoms. The van der Waals surface area contributed by atoms with Gasteiger partial charge in [0.05, 0.1) is 7.11 Å². The van der Waals surface area contributed by atoms with Crippen molar-refractivity contribution >= 4 is 17.7 Å². The number of aryl methyl sites for hydroxylation is 1. The lowest BCUT2D eigenvalue weighted by atomic mass is 10.0. The molecular formula is C29H40N6O4. The molecule has 0 aliphatic carbocycles. The van der Waals surface area contributed by atoms with Gasteiger partial charge in [0.1, 0.15) is 23.8 Å². The highest BCUT2D eigenvalue weighted by atomic mass is 16.5. The topological polar surface area (TPSA) is 122 Å². The van der Waals surface area contributed by atoms with Crippen LogP contribution >= 0.6 is 0 Å². The molecule has 10 nitrogen and oxygen atoms in total. The molecule has 0 fully saturated rings. The third kappa shape index (κ3) is 7.34. The second-order valence-electron chi connectivity index (χ2n) is 9.88. The van der Waals surface area contributed by atoms with Crippen molar-refractivity contribution in [1.82, 2.24) is 19.5 Å². The van der Waals surface area contributed by atoms with Crippen LogP contribution in [0.2, 0.25) is 0 Å². The van der Waals surface area contributed by atoms with Crippen LogP contribution in [0.4, 0.5) is 11.8 Å². The van der Waals surface area contributed by atoms with E-state index < -0.39 is 12.0 Å². The first-order valence-corrected chi connectivity index (χ1v) is 13.5. The molecule has 2 aromatic heterocycles. The van der Waals surface area contributed by atoms with Gasteiger partial charge in [0.25, 0.3) is 5.56 Å². The maximum atomic E-state index is 13.1. The lowest BCUT2D eigenvalue weighted by Gasteiger charge is -2.23. The molecule has 39 heavy (non-hydrogen) atoms. The Kier molecular flexibility index (Phi) is 10.4. The highest BCUT2D eigenvalue weighted by Gasteiger charge is 2.22. The Balaban J connectivity index is 1.90. The quantitative estimate of drug-likeness (QED) is 0.311. The number of nitrogens with zero attached hydrogens (tertiary/aromatic N) is 5. The molecule has 0 aliphatic rings. The predicted molar refractivity (Wildman–Crippen MR) is 154 cm³/mol. The van der Waals surface area contributed by atoms with Gasteiger partial charge < -0.3 is 20.1 Å². The van der Waals surface area contributed by atoms with Gasteiger partial charge >= 0.3 is 5.97 Å². The van der Waals surface area contributed by atoms with Gasteiger partial charge in [0, 0.05) is 37.8 Å². The molecule has 210 valence electrons. The fraction of sp³-hybridized carbons (Fsp3) is 0.483. The smallest absolute Gasteiger partial charge is 0.326 e. The number of hydrogen-bond acceptors (Lipinski definition) is 8. The van der Waals surface area contributed by atoms with E-state index in [1.54, 1.807) is 22.9 Å². The maximum absolute atomic E-state index is 13.1. The summed E-state index contributed by atoms with van der Waals surface area (Å²) >= 11 is 0. The number of ether oxygens (including phenoxy) is 1. The summed E-state index contributed by atoms with van der Waals surface area (Å²) < 4.78 is 6.93. The Morgan fingerprint density at radius 1 is 1.10 bits per heavy atom. The second-order valence-corrected chi connectivity index (χ2v) is 9.88. The van der Waals surface area contributed by atoms with E-state index in [0.29, 0.717) is 35.4 Å². The molecule has 0 aliphatic heterocycles. The van der Waals surface area contributed by atoms with Gasteiger partial charge in [-0.3, -0.25) is 9.36 Å². The SMILES string of the molecule is CCCn1cnc(OC)c(-c2ccc(C[C@H](Nc3nc(N(CC)CC)ncc3CC(C)C)C(=O)O)cc2)c1=O. The van der Waals surface area contributed by atoms with Crippen LogP contribution in [0, 0.1) is 5.92 Å². The fourth-order valence-corrected chi connectivity index (χ4v) is 4.45. The second kappa shape index (κ2) is 13.7. The van der Waals surface area contributed by atoms with E-state index >= 15 is 0 Å². The zero-order valence-electron chi connectivity index (χ0n) is 23.8. The number of methoxy groups -OCH3 is 1. The number of nitrogens with one attached hydrogen (secondary N) is 1. The van der Waals surface area contributed by atoms with Gasteiger partial charge in [-0.15, -0.1) is 0 Å². The summed E-state index contributed by atoms with van der Waals surface area (Å²) in [5.74, 6) is 0.754. The summed E-state index contributed by atoms with van der Waals surface area (Å²) in [7, 11) is 1.49. The maximum Gasteiger partial charge on any atom is 0.326 e. The molecule has 2 N–H and O–H groups in total. The monoisotopic (exact) mass is 536 g/mol. The molecule has 0 spiro atoms. The largest absolute Gasteiger partial charge is 0.480 e. The molecule has 0 saturated heterocycles. The molecular weight excluding hydrogens is 496 g/mol. The highest BCUT2D eigenvalue weighted by Crippen LogP contribution is 2.26. The van der Waals surface area contributed by atoms with Crippen molar-refractivity contribution in [2.24, 2.45) is 5.92 Å². The molecule has 0 amide bonds. The number of carboxylic acid groups (broad SMARTS) is 1. The minimum Gasteiger partial charge on any atom is -0.480 e. The van der Waals surface area contributed by atoms with E-state index in [2.05, 4.69) is 29.1 Å². The van der Waals surface area contributed by atoms with Crippen molar-refractivity contribution in [1.29, 1.82) is 0 Å². The van der Waals surface area contributed by atoms with Crippen molar-refractivity contribution in [3.8, 4) is 17.0 Å². The Morgan fingerprint density at radius 3 is 2.36 bits per heavy atom. The number of aromatic nitrogens is 4. The molecule has 3 rings (SSSR count). The molecule has 1 atom stereocenters. The minimum absolute atomic E-state index is 0.174. The van der Waals surface area contributed by atoms with Gasteiger partial charge in [-0.2, -0.15) is 4.98 Å². The highest BCUT2D eigenvalue weighted by molar-refractivity contribution is 5.78. The first-order chi connectivity index (χ1) is 18.7. The summed E-state index contributed by atoms with van der Waals surface area (Å²) in [6.45, 7) is 12.3. The summed E-state index contributed by atoms with van der Waals surface area (Å²) in [6.07, 6.45) is 5.05. The van der Waals surface area contributed by atoms with E-state index in [1.165, 1.54) is 13.4 Å². The average molecular weight is 537 g/mol. The lowest BCUT2D eigenvalue weighted by molar-refractivity contribution is -0.137. The molecule has 0 bridgehead atoms. The Hall–Kier alpha value is -3.95. The van der Waals surface area contributed by atoms with Crippen LogP contribution in [0.3, 0.4) is 0 Å². The third-order valence-electron chi connectivity index (χ3n) is 6.48. The zero-order valence-corrected chi connectivity index (χ0v) is 23.8. The Labute approximate surface area is 230 Å². The third-order valence-corrected chi connectivity index (χ3v) is 6.48. The first kappa shape index (κ1) is 29.6. The summed E-state index contributed by atoms with van der Waals surface area (Å²) in [6, 6.07) is 6.37. The van der Waals surface area contributed by atoms with E-state index in [9.17, 15) is 14.7 Å². The van der Waals surface area contributed by atoms with Gasteiger partial charge in [-0.25, -0.2) is 14.8 Å². The predicted octanol–water partition coefficient (Wildman–Crippen LogP) is 4.27.